The minimum Gasteiger partial charge on any atom is -0.342 e. The first kappa shape index (κ1) is 19.8. The third kappa shape index (κ3) is 4.07. The number of aromatic amines is 1. The van der Waals surface area contributed by atoms with Crippen LogP contribution >= 0.6 is 0 Å². The van der Waals surface area contributed by atoms with Gasteiger partial charge in [-0.25, -0.2) is 9.67 Å². The van der Waals surface area contributed by atoms with Gasteiger partial charge in [0.25, 0.3) is 5.91 Å². The maximum absolute atomic E-state index is 13.0. The monoisotopic (exact) mass is 403 g/mol. The second kappa shape index (κ2) is 8.44. The summed E-state index contributed by atoms with van der Waals surface area (Å²) in [6, 6.07) is 13.7. The highest BCUT2D eigenvalue weighted by Crippen LogP contribution is 2.16. The Bertz CT molecular complexity index is 1160. The Morgan fingerprint density at radius 2 is 1.93 bits per heavy atom. The average Bonchev–Trinajstić information content (AvgIpc) is 3.35. The van der Waals surface area contributed by atoms with Crippen LogP contribution in [0.1, 0.15) is 40.1 Å². The molecular formula is C22H25N7O. The summed E-state index contributed by atoms with van der Waals surface area (Å²) in [4.78, 5) is 22.9. The number of nitrogens with one attached hydrogen (secondary N) is 1. The topological polar surface area (TPSA) is 92.6 Å². The molecule has 0 saturated heterocycles. The molecule has 0 spiro atoms. The quantitative estimate of drug-likeness (QED) is 0.512. The van der Waals surface area contributed by atoms with E-state index in [1.165, 1.54) is 0 Å². The van der Waals surface area contributed by atoms with E-state index in [4.69, 9.17) is 4.98 Å². The van der Waals surface area contributed by atoms with Crippen LogP contribution in [0.3, 0.4) is 0 Å². The number of aromatic nitrogens is 6. The summed E-state index contributed by atoms with van der Waals surface area (Å²) in [7, 11) is 0. The molecule has 0 atom stereocenters. The zero-order valence-corrected chi connectivity index (χ0v) is 17.5. The second-order valence-electron chi connectivity index (χ2n) is 7.37. The summed E-state index contributed by atoms with van der Waals surface area (Å²) < 4.78 is 1.73. The standard InChI is InChI=1S/C22H25N7O/c1-4-28(13-12-20-23-19-7-5-6-15(2)21(19)24-20)22(30)18-10-8-17(9-11-18)14-29-16(3)25-26-27-29/h5-11H,4,12-14H2,1-3H3,(H,23,24). The number of aryl methyl sites for hydroxylation is 2. The first-order valence-electron chi connectivity index (χ1n) is 10.1. The van der Waals surface area contributed by atoms with Crippen LogP contribution < -0.4 is 0 Å². The van der Waals surface area contributed by atoms with E-state index < -0.39 is 0 Å². The Hall–Kier alpha value is -3.55. The molecule has 8 heteroatoms. The van der Waals surface area contributed by atoms with E-state index in [0.29, 0.717) is 31.6 Å². The Labute approximate surface area is 174 Å². The van der Waals surface area contributed by atoms with Crippen molar-refractivity contribution in [1.82, 2.24) is 35.1 Å². The van der Waals surface area contributed by atoms with Gasteiger partial charge in [-0.3, -0.25) is 4.79 Å². The van der Waals surface area contributed by atoms with Gasteiger partial charge >= 0.3 is 0 Å². The number of tetrazole rings is 1. The lowest BCUT2D eigenvalue weighted by atomic mass is 10.1. The van der Waals surface area contributed by atoms with Crippen molar-refractivity contribution in [3.8, 4) is 0 Å². The van der Waals surface area contributed by atoms with E-state index in [0.717, 1.165) is 33.8 Å². The molecule has 4 rings (SSSR count). The second-order valence-corrected chi connectivity index (χ2v) is 7.37. The molecule has 0 aliphatic carbocycles. The number of nitrogens with zero attached hydrogens (tertiary/aromatic N) is 6. The van der Waals surface area contributed by atoms with Crippen LogP contribution in [-0.4, -0.2) is 54.1 Å². The van der Waals surface area contributed by atoms with E-state index in [9.17, 15) is 4.79 Å². The number of H-pyrrole nitrogens is 1. The van der Waals surface area contributed by atoms with Gasteiger partial charge in [-0.05, 0) is 60.5 Å². The van der Waals surface area contributed by atoms with Crippen molar-refractivity contribution >= 4 is 16.9 Å². The molecule has 1 amide bonds. The van der Waals surface area contributed by atoms with Crippen LogP contribution in [0.15, 0.2) is 42.5 Å². The number of carbonyl (C=O) groups is 1. The number of hydrogen-bond donors (Lipinski definition) is 1. The zero-order valence-electron chi connectivity index (χ0n) is 17.5. The first-order valence-corrected chi connectivity index (χ1v) is 10.1. The number of rotatable bonds is 7. The molecule has 4 aromatic rings. The number of likely N-dealkylation sites (N-methyl/N-ethyl adjacent to an activating group) is 1. The van der Waals surface area contributed by atoms with E-state index in [1.807, 2.05) is 55.1 Å². The van der Waals surface area contributed by atoms with Crippen LogP contribution in [0.2, 0.25) is 0 Å². The van der Waals surface area contributed by atoms with Gasteiger partial charge in [-0.1, -0.05) is 24.3 Å². The average molecular weight is 403 g/mol. The van der Waals surface area contributed by atoms with Gasteiger partial charge < -0.3 is 9.88 Å². The molecule has 0 saturated carbocycles. The molecule has 2 heterocycles. The van der Waals surface area contributed by atoms with Crippen LogP contribution in [-0.2, 0) is 13.0 Å². The fourth-order valence-corrected chi connectivity index (χ4v) is 3.49. The molecule has 0 bridgehead atoms. The van der Waals surface area contributed by atoms with Crippen molar-refractivity contribution in [2.24, 2.45) is 0 Å². The largest absolute Gasteiger partial charge is 0.342 e. The number of para-hydroxylation sites is 1. The minimum atomic E-state index is 0.0231. The third-order valence-electron chi connectivity index (χ3n) is 5.30. The fourth-order valence-electron chi connectivity index (χ4n) is 3.49. The Kier molecular flexibility index (Phi) is 5.56. The van der Waals surface area contributed by atoms with Crippen molar-refractivity contribution in [2.45, 2.75) is 33.7 Å². The van der Waals surface area contributed by atoms with Gasteiger partial charge in [0.15, 0.2) is 0 Å². The molecular weight excluding hydrogens is 378 g/mol. The summed E-state index contributed by atoms with van der Waals surface area (Å²) >= 11 is 0. The SMILES string of the molecule is CCN(CCc1nc2c(C)cccc2[nH]1)C(=O)c1ccc(Cn2nnnc2C)cc1. The summed E-state index contributed by atoms with van der Waals surface area (Å²) in [5, 5.41) is 11.5. The number of amides is 1. The molecule has 0 radical (unpaired) electrons. The molecule has 0 aliphatic rings. The Morgan fingerprint density at radius 1 is 1.13 bits per heavy atom. The maximum Gasteiger partial charge on any atom is 0.253 e. The van der Waals surface area contributed by atoms with Gasteiger partial charge in [0.1, 0.15) is 11.6 Å². The number of carbonyl (C=O) groups excluding carboxylic acids is 1. The van der Waals surface area contributed by atoms with Gasteiger partial charge in [0, 0.05) is 25.1 Å². The van der Waals surface area contributed by atoms with E-state index in [1.54, 1.807) is 4.68 Å². The van der Waals surface area contributed by atoms with Crippen molar-refractivity contribution < 1.29 is 4.79 Å². The van der Waals surface area contributed by atoms with Crippen LogP contribution in [0.5, 0.6) is 0 Å². The van der Waals surface area contributed by atoms with Crippen molar-refractivity contribution in [3.63, 3.8) is 0 Å². The zero-order chi connectivity index (χ0) is 21.1. The number of imidazole rings is 1. The lowest BCUT2D eigenvalue weighted by Crippen LogP contribution is -2.32. The highest BCUT2D eigenvalue weighted by Gasteiger charge is 2.15. The van der Waals surface area contributed by atoms with Crippen LogP contribution in [0.4, 0.5) is 0 Å². The number of hydrogen-bond acceptors (Lipinski definition) is 5. The van der Waals surface area contributed by atoms with Crippen molar-refractivity contribution in [1.29, 1.82) is 0 Å². The van der Waals surface area contributed by atoms with Crippen molar-refractivity contribution in [3.05, 3.63) is 70.8 Å². The predicted octanol–water partition coefficient (Wildman–Crippen LogP) is 2.92. The van der Waals surface area contributed by atoms with Gasteiger partial charge in [-0.2, -0.15) is 0 Å². The molecule has 0 aliphatic heterocycles. The number of benzene rings is 2. The third-order valence-corrected chi connectivity index (χ3v) is 5.30. The van der Waals surface area contributed by atoms with Gasteiger partial charge in [0.2, 0.25) is 0 Å². The van der Waals surface area contributed by atoms with Crippen LogP contribution in [0.25, 0.3) is 11.0 Å². The molecule has 1 N–H and O–H groups in total. The first-order chi connectivity index (χ1) is 14.5. The lowest BCUT2D eigenvalue weighted by Gasteiger charge is -2.20. The Morgan fingerprint density at radius 3 is 2.60 bits per heavy atom. The minimum absolute atomic E-state index is 0.0231. The molecule has 0 unspecified atom stereocenters. The van der Waals surface area contributed by atoms with E-state index >= 15 is 0 Å². The molecule has 154 valence electrons. The van der Waals surface area contributed by atoms with E-state index in [-0.39, 0.29) is 5.91 Å². The maximum atomic E-state index is 13.0. The lowest BCUT2D eigenvalue weighted by molar-refractivity contribution is 0.0765. The molecule has 2 aromatic heterocycles. The summed E-state index contributed by atoms with van der Waals surface area (Å²) in [5.41, 5.74) is 4.90. The summed E-state index contributed by atoms with van der Waals surface area (Å²) in [6.07, 6.45) is 0.685. The van der Waals surface area contributed by atoms with Gasteiger partial charge in [-0.15, -0.1) is 5.10 Å². The highest BCUT2D eigenvalue weighted by molar-refractivity contribution is 5.94. The number of fused-ring (bicyclic) bond motifs is 1. The molecule has 2 aromatic carbocycles. The fraction of sp³-hybridized carbons (Fsp3) is 0.318. The summed E-state index contributed by atoms with van der Waals surface area (Å²) in [5.74, 6) is 1.68. The van der Waals surface area contributed by atoms with Crippen LogP contribution in [0, 0.1) is 13.8 Å². The van der Waals surface area contributed by atoms with E-state index in [2.05, 4.69) is 33.5 Å². The Balaban J connectivity index is 1.41. The predicted molar refractivity (Wildman–Crippen MR) is 114 cm³/mol. The molecule has 30 heavy (non-hydrogen) atoms. The highest BCUT2D eigenvalue weighted by atomic mass is 16.2. The summed E-state index contributed by atoms with van der Waals surface area (Å²) in [6.45, 7) is 7.74. The normalized spacial score (nSPS) is 11.2. The smallest absolute Gasteiger partial charge is 0.253 e. The molecule has 0 fully saturated rings. The van der Waals surface area contributed by atoms with Gasteiger partial charge in [0.05, 0.1) is 17.6 Å². The van der Waals surface area contributed by atoms with Crippen molar-refractivity contribution in [2.75, 3.05) is 13.1 Å². The molecule has 8 nitrogen and oxygen atoms in total.